The summed E-state index contributed by atoms with van der Waals surface area (Å²) in [5, 5.41) is 1.02. The fraction of sp³-hybridized carbons (Fsp3) is 0.100. The van der Waals surface area contributed by atoms with Crippen LogP contribution in [0, 0.1) is 6.92 Å². The first-order valence-electron chi connectivity index (χ1n) is 4.25. The minimum absolute atomic E-state index is 0.897. The number of fused-ring (bicyclic) bond motifs is 1. The summed E-state index contributed by atoms with van der Waals surface area (Å²) < 4.78 is 0.982. The Hall–Kier alpha value is -1.13. The minimum Gasteiger partial charge on any atom is -0.323 e. The molecule has 0 spiro atoms. The predicted octanol–water partition coefficient (Wildman–Crippen LogP) is 2.59. The van der Waals surface area contributed by atoms with Gasteiger partial charge >= 0.3 is 0 Å². The number of rotatable bonds is 1. The van der Waals surface area contributed by atoms with Crippen molar-refractivity contribution in [1.82, 2.24) is 4.98 Å². The van der Waals surface area contributed by atoms with E-state index in [0.29, 0.717) is 0 Å². The number of nitrogen functional groups attached to an aromatic ring is 1. The number of para-hydroxylation sites is 1. The monoisotopic (exact) mass is 251 g/mol. The molecule has 1 heterocycles. The molecule has 0 aliphatic rings. The Bertz CT molecular complexity index is 482. The van der Waals surface area contributed by atoms with Crippen molar-refractivity contribution < 1.29 is 0 Å². The van der Waals surface area contributed by atoms with Gasteiger partial charge in [0, 0.05) is 15.6 Å². The number of hydrogen-bond acceptors (Lipinski definition) is 3. The highest BCUT2D eigenvalue weighted by Crippen LogP contribution is 2.27. The Labute approximate surface area is 90.4 Å². The molecular weight excluding hydrogens is 242 g/mol. The Morgan fingerprint density at radius 3 is 2.93 bits per heavy atom. The molecule has 0 atom stereocenters. The van der Waals surface area contributed by atoms with Gasteiger partial charge in [-0.25, -0.2) is 0 Å². The molecule has 1 aromatic carbocycles. The number of nitrogens with zero attached hydrogens (tertiary/aromatic N) is 1. The number of nitrogens with two attached hydrogens (primary N) is 1. The van der Waals surface area contributed by atoms with Crippen molar-refractivity contribution in [3.8, 4) is 0 Å². The quantitative estimate of drug-likeness (QED) is 0.605. The number of aryl methyl sites for hydroxylation is 1. The van der Waals surface area contributed by atoms with Gasteiger partial charge in [0.25, 0.3) is 0 Å². The highest BCUT2D eigenvalue weighted by Gasteiger charge is 2.04. The molecule has 1 aromatic heterocycles. The lowest BCUT2D eigenvalue weighted by Gasteiger charge is -2.07. The summed E-state index contributed by atoms with van der Waals surface area (Å²) in [6.07, 6.45) is 0. The van der Waals surface area contributed by atoms with Gasteiger partial charge in [0.1, 0.15) is 0 Å². The second-order valence-electron chi connectivity index (χ2n) is 3.09. The average Bonchev–Trinajstić information content (AvgIpc) is 2.18. The van der Waals surface area contributed by atoms with E-state index in [1.54, 1.807) is 0 Å². The summed E-state index contributed by atoms with van der Waals surface area (Å²) in [6.45, 7) is 1.94. The zero-order valence-electron chi connectivity index (χ0n) is 7.71. The van der Waals surface area contributed by atoms with Gasteiger partial charge in [-0.05, 0) is 35.0 Å². The van der Waals surface area contributed by atoms with E-state index in [1.807, 2.05) is 31.2 Å². The summed E-state index contributed by atoms with van der Waals surface area (Å²) in [6, 6.07) is 7.84. The Morgan fingerprint density at radius 1 is 1.43 bits per heavy atom. The summed E-state index contributed by atoms with van der Waals surface area (Å²) in [7, 11) is 0. The van der Waals surface area contributed by atoms with Crippen LogP contribution in [-0.4, -0.2) is 4.98 Å². The zero-order chi connectivity index (χ0) is 10.1. The fourth-order valence-corrected chi connectivity index (χ4v) is 1.92. The van der Waals surface area contributed by atoms with Crippen molar-refractivity contribution in [2.45, 2.75) is 6.92 Å². The molecule has 0 aliphatic carbocycles. The lowest BCUT2D eigenvalue weighted by molar-refractivity contribution is 1.23. The van der Waals surface area contributed by atoms with Crippen molar-refractivity contribution in [3.05, 3.63) is 34.4 Å². The lowest BCUT2D eigenvalue weighted by Crippen LogP contribution is -2.07. The van der Waals surface area contributed by atoms with Crippen LogP contribution in [0.3, 0.4) is 0 Å². The summed E-state index contributed by atoms with van der Waals surface area (Å²) >= 11 is 3.46. The van der Waals surface area contributed by atoms with Crippen LogP contribution >= 0.6 is 15.9 Å². The Morgan fingerprint density at radius 2 is 2.21 bits per heavy atom. The van der Waals surface area contributed by atoms with Gasteiger partial charge in [0.15, 0.2) is 0 Å². The molecule has 14 heavy (non-hydrogen) atoms. The molecular formula is C10H10BrN3. The number of nitrogens with one attached hydrogen (secondary N) is 1. The van der Waals surface area contributed by atoms with Crippen molar-refractivity contribution in [3.63, 3.8) is 0 Å². The molecule has 0 bridgehead atoms. The van der Waals surface area contributed by atoms with E-state index >= 15 is 0 Å². The Balaban J connectivity index is 2.87. The molecule has 2 aromatic rings. The molecule has 4 heteroatoms. The SMILES string of the molecule is Cc1cc(NN)c2cccc(Br)c2n1. The first-order chi connectivity index (χ1) is 6.72. The van der Waals surface area contributed by atoms with Gasteiger partial charge in [-0.3, -0.25) is 10.8 Å². The van der Waals surface area contributed by atoms with Crippen molar-refractivity contribution in [2.75, 3.05) is 5.43 Å². The molecule has 3 nitrogen and oxygen atoms in total. The standard InChI is InChI=1S/C10H10BrN3/c1-6-5-9(14-12)7-3-2-4-8(11)10(7)13-6/h2-5H,12H2,1H3,(H,13,14). The third-order valence-corrected chi connectivity index (χ3v) is 2.71. The molecule has 3 N–H and O–H groups in total. The van der Waals surface area contributed by atoms with Crippen LogP contribution < -0.4 is 11.3 Å². The number of benzene rings is 1. The largest absolute Gasteiger partial charge is 0.323 e. The molecule has 0 radical (unpaired) electrons. The maximum Gasteiger partial charge on any atom is 0.0868 e. The minimum atomic E-state index is 0.897. The van der Waals surface area contributed by atoms with E-state index in [0.717, 1.165) is 26.8 Å². The van der Waals surface area contributed by atoms with Crippen LogP contribution in [0.4, 0.5) is 5.69 Å². The highest BCUT2D eigenvalue weighted by atomic mass is 79.9. The average molecular weight is 252 g/mol. The number of aromatic nitrogens is 1. The maximum absolute atomic E-state index is 5.44. The number of anilines is 1. The molecule has 0 fully saturated rings. The molecule has 0 aliphatic heterocycles. The van der Waals surface area contributed by atoms with E-state index in [-0.39, 0.29) is 0 Å². The predicted molar refractivity (Wildman–Crippen MR) is 62.0 cm³/mol. The van der Waals surface area contributed by atoms with E-state index in [9.17, 15) is 0 Å². The van der Waals surface area contributed by atoms with Crippen LogP contribution in [0.5, 0.6) is 0 Å². The number of pyridine rings is 1. The van der Waals surface area contributed by atoms with Crippen molar-refractivity contribution in [1.29, 1.82) is 0 Å². The van der Waals surface area contributed by atoms with Crippen molar-refractivity contribution >= 4 is 32.5 Å². The summed E-state index contributed by atoms with van der Waals surface area (Å²) in [5.41, 5.74) is 5.45. The molecule has 0 saturated heterocycles. The third-order valence-electron chi connectivity index (χ3n) is 2.07. The summed E-state index contributed by atoms with van der Waals surface area (Å²) in [4.78, 5) is 4.44. The van der Waals surface area contributed by atoms with Gasteiger partial charge in [-0.2, -0.15) is 0 Å². The van der Waals surface area contributed by atoms with Gasteiger partial charge in [-0.15, -0.1) is 0 Å². The highest BCUT2D eigenvalue weighted by molar-refractivity contribution is 9.10. The maximum atomic E-state index is 5.44. The second-order valence-corrected chi connectivity index (χ2v) is 3.95. The normalized spacial score (nSPS) is 10.5. The molecule has 72 valence electrons. The zero-order valence-corrected chi connectivity index (χ0v) is 9.30. The van der Waals surface area contributed by atoms with Gasteiger partial charge in [-0.1, -0.05) is 12.1 Å². The molecule has 2 rings (SSSR count). The number of hydrazine groups is 1. The number of hydrogen-bond donors (Lipinski definition) is 2. The molecule has 0 saturated carbocycles. The molecule has 0 unspecified atom stereocenters. The van der Waals surface area contributed by atoms with Gasteiger partial charge < -0.3 is 5.43 Å². The van der Waals surface area contributed by atoms with E-state index in [1.165, 1.54) is 0 Å². The molecule has 0 amide bonds. The van der Waals surface area contributed by atoms with Crippen LogP contribution in [-0.2, 0) is 0 Å². The Kier molecular flexibility index (Phi) is 2.39. The topological polar surface area (TPSA) is 50.9 Å². The lowest BCUT2D eigenvalue weighted by atomic mass is 10.1. The van der Waals surface area contributed by atoms with Gasteiger partial charge in [0.2, 0.25) is 0 Å². The summed E-state index contributed by atoms with van der Waals surface area (Å²) in [5.74, 6) is 5.44. The fourth-order valence-electron chi connectivity index (χ4n) is 1.46. The van der Waals surface area contributed by atoms with Crippen molar-refractivity contribution in [2.24, 2.45) is 5.84 Å². The van der Waals surface area contributed by atoms with E-state index in [4.69, 9.17) is 5.84 Å². The first kappa shape index (κ1) is 9.43. The second kappa shape index (κ2) is 3.55. The van der Waals surface area contributed by atoms with Gasteiger partial charge in [0.05, 0.1) is 11.2 Å². The van der Waals surface area contributed by atoms with Crippen LogP contribution in [0.25, 0.3) is 10.9 Å². The first-order valence-corrected chi connectivity index (χ1v) is 5.04. The van der Waals surface area contributed by atoms with Crippen LogP contribution in [0.2, 0.25) is 0 Å². The third kappa shape index (κ3) is 1.47. The smallest absolute Gasteiger partial charge is 0.0868 e. The number of halogens is 1. The van der Waals surface area contributed by atoms with E-state index < -0.39 is 0 Å². The van der Waals surface area contributed by atoms with Crippen LogP contribution in [0.1, 0.15) is 5.69 Å². The van der Waals surface area contributed by atoms with E-state index in [2.05, 4.69) is 26.3 Å². The van der Waals surface area contributed by atoms with Crippen LogP contribution in [0.15, 0.2) is 28.7 Å².